The maximum absolute atomic E-state index is 13.3. The molecule has 6 aromatic rings. The summed E-state index contributed by atoms with van der Waals surface area (Å²) in [4.78, 5) is 35.7. The second-order valence-corrected chi connectivity index (χ2v) is 8.35. The lowest BCUT2D eigenvalue weighted by Gasteiger charge is -2.07. The topological polar surface area (TPSA) is 79.0 Å². The van der Waals surface area contributed by atoms with Gasteiger partial charge in [-0.05, 0) is 54.1 Å². The van der Waals surface area contributed by atoms with Gasteiger partial charge in [-0.25, -0.2) is 9.36 Å². The van der Waals surface area contributed by atoms with E-state index in [-0.39, 0.29) is 0 Å². The number of pyridine rings is 2. The van der Waals surface area contributed by atoms with Crippen LogP contribution in [0.4, 0.5) is 0 Å². The predicted molar refractivity (Wildman–Crippen MR) is 136 cm³/mol. The summed E-state index contributed by atoms with van der Waals surface area (Å²) in [5, 5.41) is 1.83. The Hall–Kier alpha value is -4.78. The van der Waals surface area contributed by atoms with Crippen molar-refractivity contribution in [3.05, 3.63) is 101 Å². The highest BCUT2D eigenvalue weighted by molar-refractivity contribution is 6.08. The summed E-state index contributed by atoms with van der Waals surface area (Å²) < 4.78 is 7.85. The number of carbonyl (C=O) groups excluding carboxylic acids is 1. The van der Waals surface area contributed by atoms with Crippen LogP contribution in [0.25, 0.3) is 44.0 Å². The van der Waals surface area contributed by atoms with Crippen LogP contribution in [0, 0.1) is 0 Å². The molecule has 3 aromatic heterocycles. The van der Waals surface area contributed by atoms with Crippen LogP contribution < -0.4 is 10.4 Å². The van der Waals surface area contributed by atoms with Gasteiger partial charge in [0.05, 0.1) is 35.4 Å². The fraction of sp³-hybridized carbons (Fsp3) is 0.0714. The van der Waals surface area contributed by atoms with Crippen molar-refractivity contribution in [1.29, 1.82) is 0 Å². The highest BCUT2D eigenvalue weighted by Gasteiger charge is 2.21. The first-order valence-electron chi connectivity index (χ1n) is 11.1. The molecule has 0 amide bonds. The lowest BCUT2D eigenvalue weighted by Crippen LogP contribution is -2.28. The molecule has 0 saturated carbocycles. The van der Waals surface area contributed by atoms with Crippen molar-refractivity contribution in [3.8, 4) is 16.9 Å². The van der Waals surface area contributed by atoms with E-state index in [1.165, 1.54) is 9.13 Å². The Morgan fingerprint density at radius 3 is 2.43 bits per heavy atom. The first-order valence-corrected chi connectivity index (χ1v) is 11.1. The van der Waals surface area contributed by atoms with Gasteiger partial charge in [-0.3, -0.25) is 19.3 Å². The normalized spacial score (nSPS) is 11.4. The molecule has 0 atom stereocenters. The van der Waals surface area contributed by atoms with Gasteiger partial charge < -0.3 is 4.74 Å². The summed E-state index contributed by atoms with van der Waals surface area (Å²) in [5.74, 6) is 0.217. The summed E-state index contributed by atoms with van der Waals surface area (Å²) in [6, 6.07) is 22.6. The van der Waals surface area contributed by atoms with E-state index in [9.17, 15) is 9.59 Å². The number of para-hydroxylation sites is 1. The van der Waals surface area contributed by atoms with Crippen LogP contribution in [0.3, 0.4) is 0 Å². The molecule has 7 nitrogen and oxygen atoms in total. The highest BCUT2D eigenvalue weighted by atomic mass is 16.5. The van der Waals surface area contributed by atoms with Crippen molar-refractivity contribution in [3.63, 3.8) is 0 Å². The van der Waals surface area contributed by atoms with Gasteiger partial charge in [0, 0.05) is 35.1 Å². The number of hydrogen-bond donors (Lipinski definition) is 0. The molecular formula is C28H20N4O3. The van der Waals surface area contributed by atoms with Crippen LogP contribution in [-0.4, -0.2) is 32.1 Å². The Labute approximate surface area is 199 Å². The highest BCUT2D eigenvalue weighted by Crippen LogP contribution is 2.29. The number of rotatable bonds is 3. The van der Waals surface area contributed by atoms with Gasteiger partial charge in [0.2, 0.25) is 0 Å². The fourth-order valence-electron chi connectivity index (χ4n) is 4.50. The maximum Gasteiger partial charge on any atom is 0.336 e. The van der Waals surface area contributed by atoms with E-state index in [0.29, 0.717) is 22.3 Å². The Bertz CT molecular complexity index is 1830. The van der Waals surface area contributed by atoms with E-state index in [4.69, 9.17) is 4.74 Å². The van der Waals surface area contributed by atoms with E-state index < -0.39 is 11.6 Å². The Kier molecular flexibility index (Phi) is 4.70. The number of carbonyl (C=O) groups is 1. The Morgan fingerprint density at radius 2 is 1.63 bits per heavy atom. The second kappa shape index (κ2) is 7.92. The van der Waals surface area contributed by atoms with Gasteiger partial charge in [-0.15, -0.1) is 0 Å². The van der Waals surface area contributed by atoms with Crippen molar-refractivity contribution in [1.82, 2.24) is 19.1 Å². The molecule has 0 aliphatic carbocycles. The van der Waals surface area contributed by atoms with Crippen molar-refractivity contribution < 1.29 is 9.53 Å². The monoisotopic (exact) mass is 460 g/mol. The molecule has 0 fully saturated rings. The van der Waals surface area contributed by atoms with Crippen LogP contribution in [0.5, 0.6) is 5.75 Å². The molecule has 170 valence electrons. The second-order valence-electron chi connectivity index (χ2n) is 8.35. The fourth-order valence-corrected chi connectivity index (χ4v) is 4.50. The average molecular weight is 460 g/mol. The average Bonchev–Trinajstić information content (AvgIpc) is 3.17. The Morgan fingerprint density at radius 1 is 0.857 bits per heavy atom. The number of methoxy groups -OCH3 is 1. The molecule has 35 heavy (non-hydrogen) atoms. The van der Waals surface area contributed by atoms with E-state index in [1.54, 1.807) is 44.6 Å². The number of nitrogens with zero attached hydrogens (tertiary/aromatic N) is 4. The zero-order valence-corrected chi connectivity index (χ0v) is 19.1. The minimum Gasteiger partial charge on any atom is -0.497 e. The molecule has 0 radical (unpaired) electrons. The number of ether oxygens (including phenoxy) is 1. The Balaban J connectivity index is 1.54. The molecule has 0 spiro atoms. The number of imidazole rings is 1. The SMILES string of the molecule is COc1ccc(C(=O)n2c(=O)n(C)c3c4cc(-c5cnc6ccccc6c5)ccc4ncc32)cc1. The quantitative estimate of drug-likeness (QED) is 0.379. The molecule has 3 heterocycles. The van der Waals surface area contributed by atoms with Crippen LogP contribution in [0.2, 0.25) is 0 Å². The molecule has 0 aliphatic heterocycles. The van der Waals surface area contributed by atoms with Gasteiger partial charge in [-0.1, -0.05) is 24.3 Å². The van der Waals surface area contributed by atoms with Gasteiger partial charge in [0.25, 0.3) is 5.91 Å². The number of aromatic nitrogens is 4. The molecule has 0 N–H and O–H groups in total. The maximum atomic E-state index is 13.3. The minimum atomic E-state index is -0.423. The van der Waals surface area contributed by atoms with E-state index in [0.717, 1.165) is 32.9 Å². The molecular weight excluding hydrogens is 440 g/mol. The van der Waals surface area contributed by atoms with Crippen molar-refractivity contribution in [2.45, 2.75) is 0 Å². The first-order chi connectivity index (χ1) is 17.0. The molecule has 0 unspecified atom stereocenters. The summed E-state index contributed by atoms with van der Waals surface area (Å²) in [5.41, 5.74) is 4.65. The third-order valence-corrected chi connectivity index (χ3v) is 6.34. The molecule has 7 heteroatoms. The van der Waals surface area contributed by atoms with E-state index in [1.807, 2.05) is 48.7 Å². The number of benzene rings is 3. The molecule has 0 saturated heterocycles. The smallest absolute Gasteiger partial charge is 0.336 e. The van der Waals surface area contributed by atoms with Gasteiger partial charge >= 0.3 is 5.69 Å². The summed E-state index contributed by atoms with van der Waals surface area (Å²) in [6.45, 7) is 0. The molecule has 3 aromatic carbocycles. The van der Waals surface area contributed by atoms with Crippen molar-refractivity contribution in [2.24, 2.45) is 7.05 Å². The van der Waals surface area contributed by atoms with Crippen LogP contribution in [0.15, 0.2) is 90.0 Å². The number of aryl methyl sites for hydroxylation is 1. The number of fused-ring (bicyclic) bond motifs is 4. The largest absolute Gasteiger partial charge is 0.497 e. The van der Waals surface area contributed by atoms with Gasteiger partial charge in [-0.2, -0.15) is 0 Å². The van der Waals surface area contributed by atoms with Crippen LogP contribution in [0.1, 0.15) is 10.4 Å². The van der Waals surface area contributed by atoms with Gasteiger partial charge in [0.1, 0.15) is 5.75 Å². The van der Waals surface area contributed by atoms with E-state index >= 15 is 0 Å². The summed E-state index contributed by atoms with van der Waals surface area (Å²) in [7, 11) is 3.23. The predicted octanol–water partition coefficient (Wildman–Crippen LogP) is 4.80. The van der Waals surface area contributed by atoms with Gasteiger partial charge in [0.15, 0.2) is 0 Å². The summed E-state index contributed by atoms with van der Waals surface area (Å²) >= 11 is 0. The lowest BCUT2D eigenvalue weighted by atomic mass is 10.0. The van der Waals surface area contributed by atoms with E-state index in [2.05, 4.69) is 16.0 Å². The molecule has 6 rings (SSSR count). The zero-order chi connectivity index (χ0) is 24.1. The third-order valence-electron chi connectivity index (χ3n) is 6.34. The first kappa shape index (κ1) is 20.8. The zero-order valence-electron chi connectivity index (χ0n) is 19.1. The van der Waals surface area contributed by atoms with Crippen LogP contribution >= 0.6 is 0 Å². The minimum absolute atomic E-state index is 0.386. The number of hydrogen-bond acceptors (Lipinski definition) is 5. The van der Waals surface area contributed by atoms with Crippen LogP contribution in [-0.2, 0) is 7.05 Å². The third kappa shape index (κ3) is 3.28. The lowest BCUT2D eigenvalue weighted by molar-refractivity contribution is 0.0960. The van der Waals surface area contributed by atoms with Crippen molar-refractivity contribution >= 4 is 38.7 Å². The summed E-state index contributed by atoms with van der Waals surface area (Å²) in [6.07, 6.45) is 3.42. The standard InChI is InChI=1S/C28H20N4O3/c1-31-26-22-14-18(20-13-19-5-3-4-6-23(19)29-15-20)9-12-24(22)30-16-25(26)32(28(31)34)27(33)17-7-10-21(35-2)11-8-17/h3-16H,1-2H3. The molecule has 0 bridgehead atoms. The van der Waals surface area contributed by atoms with Crippen molar-refractivity contribution in [2.75, 3.05) is 7.11 Å². The molecule has 0 aliphatic rings.